The van der Waals surface area contributed by atoms with Crippen molar-refractivity contribution in [2.45, 2.75) is 4.90 Å². The van der Waals surface area contributed by atoms with E-state index >= 15 is 0 Å². The molecule has 1 heterocycles. The van der Waals surface area contributed by atoms with Gasteiger partial charge in [0.2, 0.25) is 0 Å². The zero-order valence-corrected chi connectivity index (χ0v) is 11.5. The van der Waals surface area contributed by atoms with Crippen LogP contribution in [0.5, 0.6) is 0 Å². The van der Waals surface area contributed by atoms with Crippen molar-refractivity contribution in [1.29, 1.82) is 0 Å². The third kappa shape index (κ3) is 3.25. The first-order valence-electron chi connectivity index (χ1n) is 5.34. The molecule has 0 aliphatic heterocycles. The van der Waals surface area contributed by atoms with Crippen molar-refractivity contribution >= 4 is 33.3 Å². The Morgan fingerprint density at radius 2 is 1.85 bits per heavy atom. The standard InChI is InChI=1S/C12H9ClN2O4S/c13-8-1-3-10(4-2-8)20(18,19)15-9-5-6-14-11(7-9)12(16)17/h1-7H,(H,14,15)(H,16,17)/p-1. The Morgan fingerprint density at radius 1 is 1.20 bits per heavy atom. The minimum atomic E-state index is -3.82. The maximum absolute atomic E-state index is 12.1. The average molecular weight is 312 g/mol. The second-order valence-electron chi connectivity index (χ2n) is 3.78. The van der Waals surface area contributed by atoms with E-state index in [1.807, 2.05) is 0 Å². The Bertz CT molecular complexity index is 744. The van der Waals surface area contributed by atoms with Crippen LogP contribution in [0.15, 0.2) is 47.5 Å². The maximum atomic E-state index is 12.1. The van der Waals surface area contributed by atoms with Gasteiger partial charge in [-0.25, -0.2) is 8.42 Å². The molecule has 0 saturated heterocycles. The molecule has 0 fully saturated rings. The van der Waals surface area contributed by atoms with Gasteiger partial charge in [-0.1, -0.05) is 11.6 Å². The summed E-state index contributed by atoms with van der Waals surface area (Å²) in [7, 11) is -3.82. The minimum Gasteiger partial charge on any atom is -0.543 e. The number of rotatable bonds is 4. The number of halogens is 1. The number of sulfonamides is 1. The van der Waals surface area contributed by atoms with Crippen LogP contribution in [0.25, 0.3) is 0 Å². The molecular formula is C12H8ClN2O4S-. The van der Waals surface area contributed by atoms with Crippen molar-refractivity contribution < 1.29 is 18.3 Å². The van der Waals surface area contributed by atoms with Gasteiger partial charge >= 0.3 is 0 Å². The number of hydrogen-bond acceptors (Lipinski definition) is 5. The van der Waals surface area contributed by atoms with E-state index in [1.54, 1.807) is 0 Å². The summed E-state index contributed by atoms with van der Waals surface area (Å²) in [5.74, 6) is -1.49. The monoisotopic (exact) mass is 311 g/mol. The van der Waals surface area contributed by atoms with Crippen molar-refractivity contribution in [3.63, 3.8) is 0 Å². The highest BCUT2D eigenvalue weighted by molar-refractivity contribution is 7.92. The molecule has 0 atom stereocenters. The van der Waals surface area contributed by atoms with Gasteiger partial charge < -0.3 is 9.90 Å². The molecule has 1 N–H and O–H groups in total. The first-order valence-corrected chi connectivity index (χ1v) is 7.20. The van der Waals surface area contributed by atoms with Crippen molar-refractivity contribution in [2.75, 3.05) is 4.72 Å². The van der Waals surface area contributed by atoms with Crippen LogP contribution in [0.4, 0.5) is 5.69 Å². The van der Waals surface area contributed by atoms with E-state index in [0.717, 1.165) is 6.07 Å². The minimum absolute atomic E-state index is 0.00807. The number of carbonyl (C=O) groups is 1. The van der Waals surface area contributed by atoms with Gasteiger partial charge in [0, 0.05) is 11.2 Å². The molecular weight excluding hydrogens is 304 g/mol. The first-order chi connectivity index (χ1) is 9.38. The lowest BCUT2D eigenvalue weighted by Crippen LogP contribution is -2.23. The summed E-state index contributed by atoms with van der Waals surface area (Å²) in [5.41, 5.74) is -0.282. The Balaban J connectivity index is 2.31. The highest BCUT2D eigenvalue weighted by Crippen LogP contribution is 2.18. The van der Waals surface area contributed by atoms with Gasteiger partial charge in [0.15, 0.2) is 0 Å². The lowest BCUT2D eigenvalue weighted by Gasteiger charge is -2.09. The number of benzene rings is 1. The van der Waals surface area contributed by atoms with Crippen LogP contribution in [-0.2, 0) is 10.0 Å². The van der Waals surface area contributed by atoms with Crippen LogP contribution in [0, 0.1) is 0 Å². The molecule has 20 heavy (non-hydrogen) atoms. The topological polar surface area (TPSA) is 99.2 Å². The maximum Gasteiger partial charge on any atom is 0.261 e. The quantitative estimate of drug-likeness (QED) is 0.904. The molecule has 6 nitrogen and oxygen atoms in total. The highest BCUT2D eigenvalue weighted by atomic mass is 35.5. The second-order valence-corrected chi connectivity index (χ2v) is 5.90. The molecule has 2 aromatic rings. The van der Waals surface area contributed by atoms with E-state index < -0.39 is 16.0 Å². The number of nitrogens with one attached hydrogen (secondary N) is 1. The third-order valence-electron chi connectivity index (χ3n) is 2.35. The van der Waals surface area contributed by atoms with Gasteiger partial charge in [0.25, 0.3) is 10.0 Å². The normalized spacial score (nSPS) is 11.1. The molecule has 1 aromatic heterocycles. The van der Waals surface area contributed by atoms with E-state index in [1.165, 1.54) is 36.5 Å². The van der Waals surface area contributed by atoms with Gasteiger partial charge in [-0.15, -0.1) is 0 Å². The molecule has 0 radical (unpaired) electrons. The fraction of sp³-hybridized carbons (Fsp3) is 0. The third-order valence-corrected chi connectivity index (χ3v) is 3.99. The first kappa shape index (κ1) is 14.3. The number of aromatic carboxylic acids is 1. The molecule has 1 aromatic carbocycles. The summed E-state index contributed by atoms with van der Waals surface area (Å²) >= 11 is 5.68. The second kappa shape index (κ2) is 5.48. The van der Waals surface area contributed by atoms with E-state index in [9.17, 15) is 18.3 Å². The molecule has 104 valence electrons. The van der Waals surface area contributed by atoms with Crippen LogP contribution >= 0.6 is 11.6 Å². The predicted molar refractivity (Wildman–Crippen MR) is 70.8 cm³/mol. The Kier molecular flexibility index (Phi) is 3.91. The summed E-state index contributed by atoms with van der Waals surface area (Å²) < 4.78 is 26.4. The van der Waals surface area contributed by atoms with Crippen LogP contribution < -0.4 is 9.83 Å². The van der Waals surface area contributed by atoms with Gasteiger partial charge in [-0.05, 0) is 36.4 Å². The number of pyridine rings is 1. The summed E-state index contributed by atoms with van der Waals surface area (Å²) in [6.45, 7) is 0. The zero-order chi connectivity index (χ0) is 14.8. The number of anilines is 1. The van der Waals surface area contributed by atoms with Crippen molar-refractivity contribution in [3.05, 3.63) is 53.3 Å². The molecule has 0 unspecified atom stereocenters. The number of nitrogens with zero attached hydrogens (tertiary/aromatic N) is 1. The van der Waals surface area contributed by atoms with Crippen molar-refractivity contribution in [1.82, 2.24) is 4.98 Å². The van der Waals surface area contributed by atoms with E-state index in [2.05, 4.69) is 9.71 Å². The molecule has 0 saturated carbocycles. The van der Waals surface area contributed by atoms with E-state index in [0.29, 0.717) is 5.02 Å². The molecule has 8 heteroatoms. The summed E-state index contributed by atoms with van der Waals surface area (Å²) in [6, 6.07) is 7.96. The number of carboxylic acid groups (broad SMARTS) is 1. The smallest absolute Gasteiger partial charge is 0.261 e. The molecule has 0 amide bonds. The Labute approximate surface area is 120 Å². The number of hydrogen-bond donors (Lipinski definition) is 1. The van der Waals surface area contributed by atoms with E-state index in [4.69, 9.17) is 11.6 Å². The number of carbonyl (C=O) groups excluding carboxylic acids is 1. The average Bonchev–Trinajstić information content (AvgIpc) is 2.39. The lowest BCUT2D eigenvalue weighted by molar-refractivity contribution is -0.255. The van der Waals surface area contributed by atoms with Crippen LogP contribution in [0.2, 0.25) is 5.02 Å². The SMILES string of the molecule is O=C([O-])c1cc(NS(=O)(=O)c2ccc(Cl)cc2)ccn1. The van der Waals surface area contributed by atoms with Crippen LogP contribution in [-0.4, -0.2) is 19.4 Å². The fourth-order valence-electron chi connectivity index (χ4n) is 1.43. The predicted octanol–water partition coefficient (Wildman–Crippen LogP) is 0.899. The van der Waals surface area contributed by atoms with Gasteiger partial charge in [-0.3, -0.25) is 9.71 Å². The van der Waals surface area contributed by atoms with Gasteiger partial charge in [-0.2, -0.15) is 0 Å². The lowest BCUT2D eigenvalue weighted by atomic mass is 10.3. The molecule has 2 rings (SSSR count). The molecule has 0 aliphatic rings. The number of carboxylic acids is 1. The summed E-state index contributed by atoms with van der Waals surface area (Å²) in [4.78, 5) is 14.2. The Hall–Kier alpha value is -2.12. The molecule has 0 spiro atoms. The Morgan fingerprint density at radius 3 is 2.45 bits per heavy atom. The number of aromatic nitrogens is 1. The van der Waals surface area contributed by atoms with Gasteiger partial charge in [0.1, 0.15) is 0 Å². The fourth-order valence-corrected chi connectivity index (χ4v) is 2.61. The zero-order valence-electron chi connectivity index (χ0n) is 9.91. The van der Waals surface area contributed by atoms with Crippen molar-refractivity contribution in [3.8, 4) is 0 Å². The van der Waals surface area contributed by atoms with E-state index in [-0.39, 0.29) is 16.3 Å². The van der Waals surface area contributed by atoms with Crippen LogP contribution in [0.1, 0.15) is 10.5 Å². The van der Waals surface area contributed by atoms with Gasteiger partial charge in [0.05, 0.1) is 22.2 Å². The largest absolute Gasteiger partial charge is 0.543 e. The summed E-state index contributed by atoms with van der Waals surface area (Å²) in [5, 5.41) is 11.1. The van der Waals surface area contributed by atoms with Crippen molar-refractivity contribution in [2.24, 2.45) is 0 Å². The summed E-state index contributed by atoms with van der Waals surface area (Å²) in [6.07, 6.45) is 1.17. The highest BCUT2D eigenvalue weighted by Gasteiger charge is 2.14. The molecule has 0 bridgehead atoms. The molecule has 0 aliphatic carbocycles. The van der Waals surface area contributed by atoms with Crippen LogP contribution in [0.3, 0.4) is 0 Å².